The lowest BCUT2D eigenvalue weighted by Gasteiger charge is -2.33. The third-order valence-electron chi connectivity index (χ3n) is 2.51. The van der Waals surface area contributed by atoms with Gasteiger partial charge in [0.25, 0.3) is 0 Å². The molecule has 0 radical (unpaired) electrons. The molecule has 5 nitrogen and oxygen atoms in total. The molecule has 5 heteroatoms. The Bertz CT molecular complexity index is 173. The van der Waals surface area contributed by atoms with Crippen LogP contribution < -0.4 is 11.1 Å². The molecule has 0 saturated heterocycles. The SMILES string of the molecule is CCC(NC(CC)(CO)CO)C(N)=O. The lowest BCUT2D eigenvalue weighted by Crippen LogP contribution is -2.58. The van der Waals surface area contributed by atoms with Gasteiger partial charge < -0.3 is 15.9 Å². The van der Waals surface area contributed by atoms with Crippen molar-refractivity contribution in [2.24, 2.45) is 5.73 Å². The first-order valence-corrected chi connectivity index (χ1v) is 4.84. The molecule has 84 valence electrons. The molecule has 5 N–H and O–H groups in total. The summed E-state index contributed by atoms with van der Waals surface area (Å²) in [6.45, 7) is 3.21. The molecule has 1 unspecified atom stereocenters. The van der Waals surface area contributed by atoms with Crippen molar-refractivity contribution in [2.45, 2.75) is 38.3 Å². The lowest BCUT2D eigenvalue weighted by molar-refractivity contribution is -0.121. The molecule has 0 aromatic heterocycles. The van der Waals surface area contributed by atoms with Crippen molar-refractivity contribution >= 4 is 5.91 Å². The van der Waals surface area contributed by atoms with Gasteiger partial charge in [-0.3, -0.25) is 10.1 Å². The minimum absolute atomic E-state index is 0.218. The fraction of sp³-hybridized carbons (Fsp3) is 0.889. The molecule has 1 amide bonds. The number of hydrogen-bond acceptors (Lipinski definition) is 4. The number of hydrogen-bond donors (Lipinski definition) is 4. The van der Waals surface area contributed by atoms with Gasteiger partial charge in [-0.2, -0.15) is 0 Å². The van der Waals surface area contributed by atoms with Crippen LogP contribution in [0.1, 0.15) is 26.7 Å². The molecule has 0 bridgehead atoms. The highest BCUT2D eigenvalue weighted by Gasteiger charge is 2.30. The van der Waals surface area contributed by atoms with Crippen LogP contribution in [0, 0.1) is 0 Å². The molecule has 0 aliphatic rings. The monoisotopic (exact) mass is 204 g/mol. The summed E-state index contributed by atoms with van der Waals surface area (Å²) in [6.07, 6.45) is 1.07. The molecule has 14 heavy (non-hydrogen) atoms. The van der Waals surface area contributed by atoms with Crippen molar-refractivity contribution in [1.82, 2.24) is 5.32 Å². The van der Waals surface area contributed by atoms with Crippen molar-refractivity contribution in [3.8, 4) is 0 Å². The molecular formula is C9H20N2O3. The van der Waals surface area contributed by atoms with E-state index in [1.54, 1.807) is 0 Å². The van der Waals surface area contributed by atoms with E-state index in [0.29, 0.717) is 12.8 Å². The summed E-state index contributed by atoms with van der Waals surface area (Å²) >= 11 is 0. The highest BCUT2D eigenvalue weighted by molar-refractivity contribution is 5.79. The summed E-state index contributed by atoms with van der Waals surface area (Å²) in [5.41, 5.74) is 4.34. The zero-order valence-electron chi connectivity index (χ0n) is 8.79. The maximum absolute atomic E-state index is 11.0. The number of carbonyl (C=O) groups excluding carboxylic acids is 1. The number of amides is 1. The zero-order valence-corrected chi connectivity index (χ0v) is 8.79. The van der Waals surface area contributed by atoms with Crippen LogP contribution in [0.5, 0.6) is 0 Å². The second kappa shape index (κ2) is 5.95. The number of rotatable bonds is 7. The summed E-state index contributed by atoms with van der Waals surface area (Å²) < 4.78 is 0. The standard InChI is InChI=1S/C9H20N2O3/c1-3-7(8(10)14)11-9(4-2,5-12)6-13/h7,11-13H,3-6H2,1-2H3,(H2,10,14). The molecule has 0 rings (SSSR count). The number of aliphatic hydroxyl groups excluding tert-OH is 2. The number of primary amides is 1. The van der Waals surface area contributed by atoms with Crippen LogP contribution in [-0.4, -0.2) is 40.9 Å². The van der Waals surface area contributed by atoms with Crippen molar-refractivity contribution in [1.29, 1.82) is 0 Å². The van der Waals surface area contributed by atoms with E-state index in [-0.39, 0.29) is 13.2 Å². The average Bonchev–Trinajstić information content (AvgIpc) is 2.20. The fourth-order valence-corrected chi connectivity index (χ4v) is 1.21. The molecule has 0 fully saturated rings. The van der Waals surface area contributed by atoms with Crippen molar-refractivity contribution in [3.05, 3.63) is 0 Å². The van der Waals surface area contributed by atoms with E-state index in [1.807, 2.05) is 13.8 Å². The molecule has 0 aromatic rings. The van der Waals surface area contributed by atoms with E-state index in [9.17, 15) is 4.79 Å². The maximum Gasteiger partial charge on any atom is 0.234 e. The Balaban J connectivity index is 4.47. The second-order valence-electron chi connectivity index (χ2n) is 3.46. The predicted molar refractivity (Wildman–Crippen MR) is 53.6 cm³/mol. The van der Waals surface area contributed by atoms with Gasteiger partial charge in [-0.1, -0.05) is 13.8 Å². The highest BCUT2D eigenvalue weighted by atomic mass is 16.3. The summed E-state index contributed by atoms with van der Waals surface area (Å²) in [4.78, 5) is 11.0. The van der Waals surface area contributed by atoms with Crippen LogP contribution in [0.2, 0.25) is 0 Å². The van der Waals surface area contributed by atoms with Crippen molar-refractivity contribution in [3.63, 3.8) is 0 Å². The van der Waals surface area contributed by atoms with E-state index < -0.39 is 17.5 Å². The first-order chi connectivity index (χ1) is 6.55. The van der Waals surface area contributed by atoms with Gasteiger partial charge in [0.15, 0.2) is 0 Å². The van der Waals surface area contributed by atoms with Crippen LogP contribution in [-0.2, 0) is 4.79 Å². The fourth-order valence-electron chi connectivity index (χ4n) is 1.21. The normalized spacial score (nSPS) is 14.0. The van der Waals surface area contributed by atoms with Gasteiger partial charge in [0.1, 0.15) is 0 Å². The van der Waals surface area contributed by atoms with E-state index in [0.717, 1.165) is 0 Å². The topological polar surface area (TPSA) is 95.6 Å². The van der Waals surface area contributed by atoms with Crippen LogP contribution in [0.4, 0.5) is 0 Å². The van der Waals surface area contributed by atoms with Gasteiger partial charge in [0.2, 0.25) is 5.91 Å². The summed E-state index contributed by atoms with van der Waals surface area (Å²) in [5.74, 6) is -0.466. The minimum Gasteiger partial charge on any atom is -0.394 e. The van der Waals surface area contributed by atoms with Gasteiger partial charge >= 0.3 is 0 Å². The Labute approximate surface area is 84.3 Å². The second-order valence-corrected chi connectivity index (χ2v) is 3.46. The largest absolute Gasteiger partial charge is 0.394 e. The van der Waals surface area contributed by atoms with Crippen LogP contribution >= 0.6 is 0 Å². The average molecular weight is 204 g/mol. The van der Waals surface area contributed by atoms with Gasteiger partial charge in [-0.15, -0.1) is 0 Å². The summed E-state index contributed by atoms with van der Waals surface area (Å²) in [7, 11) is 0. The molecule has 0 aliphatic carbocycles. The molecule has 0 aromatic carbocycles. The van der Waals surface area contributed by atoms with Gasteiger partial charge in [-0.25, -0.2) is 0 Å². The van der Waals surface area contributed by atoms with E-state index in [4.69, 9.17) is 15.9 Å². The molecule has 0 spiro atoms. The van der Waals surface area contributed by atoms with Gasteiger partial charge in [0.05, 0.1) is 24.8 Å². The Morgan fingerprint density at radius 2 is 1.93 bits per heavy atom. The predicted octanol–water partition coefficient (Wildman–Crippen LogP) is -1.03. The van der Waals surface area contributed by atoms with Gasteiger partial charge in [-0.05, 0) is 12.8 Å². The minimum atomic E-state index is -0.810. The lowest BCUT2D eigenvalue weighted by atomic mass is 9.96. The smallest absolute Gasteiger partial charge is 0.234 e. The van der Waals surface area contributed by atoms with E-state index >= 15 is 0 Å². The summed E-state index contributed by atoms with van der Waals surface area (Å²) in [5, 5.41) is 21.1. The Hall–Kier alpha value is -0.650. The number of nitrogens with two attached hydrogens (primary N) is 1. The van der Waals surface area contributed by atoms with Gasteiger partial charge in [0, 0.05) is 0 Å². The third kappa shape index (κ3) is 3.25. The molecule has 0 heterocycles. The number of aliphatic hydroxyl groups is 2. The first kappa shape index (κ1) is 13.4. The molecular weight excluding hydrogens is 184 g/mol. The van der Waals surface area contributed by atoms with Crippen LogP contribution in [0.15, 0.2) is 0 Å². The highest BCUT2D eigenvalue weighted by Crippen LogP contribution is 2.10. The quantitative estimate of drug-likeness (QED) is 0.426. The third-order valence-corrected chi connectivity index (χ3v) is 2.51. The zero-order chi connectivity index (χ0) is 11.2. The Kier molecular flexibility index (Phi) is 5.68. The van der Waals surface area contributed by atoms with Crippen molar-refractivity contribution < 1.29 is 15.0 Å². The summed E-state index contributed by atoms with van der Waals surface area (Å²) in [6, 6.07) is -0.505. The molecule has 0 aliphatic heterocycles. The van der Waals surface area contributed by atoms with E-state index in [2.05, 4.69) is 5.32 Å². The van der Waals surface area contributed by atoms with Crippen molar-refractivity contribution in [2.75, 3.05) is 13.2 Å². The number of carbonyl (C=O) groups is 1. The van der Waals surface area contributed by atoms with Crippen LogP contribution in [0.3, 0.4) is 0 Å². The Morgan fingerprint density at radius 3 is 2.14 bits per heavy atom. The maximum atomic E-state index is 11.0. The van der Waals surface area contributed by atoms with E-state index in [1.165, 1.54) is 0 Å². The van der Waals surface area contributed by atoms with Crippen LogP contribution in [0.25, 0.3) is 0 Å². The Morgan fingerprint density at radius 1 is 1.43 bits per heavy atom. The molecule has 1 atom stereocenters. The molecule has 0 saturated carbocycles. The number of nitrogens with one attached hydrogen (secondary N) is 1. The first-order valence-electron chi connectivity index (χ1n) is 4.84.